The van der Waals surface area contributed by atoms with Crippen LogP contribution in [0, 0.1) is 19.4 Å². The van der Waals surface area contributed by atoms with Gasteiger partial charge in [-0.15, -0.1) is 0 Å². The van der Waals surface area contributed by atoms with Crippen LogP contribution in [0.1, 0.15) is 30.5 Å². The Kier molecular flexibility index (Phi) is 9.59. The number of aromatic hydroxyl groups is 1. The van der Waals surface area contributed by atoms with Gasteiger partial charge in [-0.25, -0.2) is 4.85 Å². The van der Waals surface area contributed by atoms with Crippen LogP contribution < -0.4 is 11.5 Å². The molecule has 0 saturated carbocycles. The maximum Gasteiger partial charge on any atom is 0.246 e. The molecule has 0 saturated heterocycles. The van der Waals surface area contributed by atoms with Crippen LogP contribution in [0.4, 0.5) is 5.69 Å². The van der Waals surface area contributed by atoms with E-state index >= 15 is 0 Å². The van der Waals surface area contributed by atoms with Crippen molar-refractivity contribution < 1.29 is 19.5 Å². The zero-order valence-electron chi connectivity index (χ0n) is 21.4. The molecule has 36 heavy (non-hydrogen) atoms. The van der Waals surface area contributed by atoms with Crippen molar-refractivity contribution in [3.63, 3.8) is 0 Å². The minimum atomic E-state index is -0.944. The van der Waals surface area contributed by atoms with Gasteiger partial charge < -0.3 is 26.4 Å². The number of benzene rings is 2. The summed E-state index contributed by atoms with van der Waals surface area (Å²) < 4.78 is 0. The molecule has 0 fully saturated rings. The predicted octanol–water partition coefficient (Wildman–Crippen LogP) is 2.16. The number of hydrogen-bond donors (Lipinski definition) is 3. The van der Waals surface area contributed by atoms with Crippen molar-refractivity contribution in [1.82, 2.24) is 9.80 Å². The second-order valence-electron chi connectivity index (χ2n) is 9.42. The molecule has 9 heteroatoms. The summed E-state index contributed by atoms with van der Waals surface area (Å²) in [6.07, 6.45) is 0.418. The first-order valence-electron chi connectivity index (χ1n) is 11.7. The van der Waals surface area contributed by atoms with Crippen LogP contribution in [-0.4, -0.2) is 64.8 Å². The average molecular weight is 494 g/mol. The normalized spacial score (nSPS) is 13.4. The summed E-state index contributed by atoms with van der Waals surface area (Å²) in [6.45, 7) is 12.4. The molecular weight excluding hydrogens is 458 g/mol. The van der Waals surface area contributed by atoms with E-state index in [0.717, 1.165) is 11.1 Å². The molecular formula is C27H35N5O4. The first-order chi connectivity index (χ1) is 16.9. The van der Waals surface area contributed by atoms with Crippen LogP contribution in [-0.2, 0) is 27.2 Å². The number of nitrogens with two attached hydrogens (primary N) is 2. The van der Waals surface area contributed by atoms with Gasteiger partial charge in [0.15, 0.2) is 5.69 Å². The van der Waals surface area contributed by atoms with Crippen molar-refractivity contribution in [3.8, 4) is 5.75 Å². The fourth-order valence-corrected chi connectivity index (χ4v) is 4.20. The van der Waals surface area contributed by atoms with Crippen molar-refractivity contribution in [2.75, 3.05) is 14.1 Å². The quantitative estimate of drug-likeness (QED) is 0.436. The van der Waals surface area contributed by atoms with Crippen LogP contribution in [0.25, 0.3) is 4.85 Å². The minimum absolute atomic E-state index is 0.137. The maximum atomic E-state index is 13.6. The summed E-state index contributed by atoms with van der Waals surface area (Å²) in [6, 6.07) is 9.09. The van der Waals surface area contributed by atoms with Gasteiger partial charge in [0, 0.05) is 20.5 Å². The lowest BCUT2D eigenvalue weighted by Gasteiger charge is -2.36. The number of hydrogen-bond acceptors (Lipinski definition) is 5. The van der Waals surface area contributed by atoms with E-state index in [9.17, 15) is 19.5 Å². The number of nitrogens with zero attached hydrogens (tertiary/aromatic N) is 3. The molecule has 0 heterocycles. The SMILES string of the molecule is [C-]#[N+]c1ccc(CC(N)C(=O)N(C)[C@H](C(=O)N(C)C(Cc2ccc(O)c(C)c2)C(N)=O)C(C)C)cc1. The lowest BCUT2D eigenvalue weighted by Crippen LogP contribution is -2.58. The van der Waals surface area contributed by atoms with Crippen LogP contribution in [0.3, 0.4) is 0 Å². The summed E-state index contributed by atoms with van der Waals surface area (Å²) in [5.41, 5.74) is 14.5. The Bertz CT molecular complexity index is 1140. The number of phenols is 1. The largest absolute Gasteiger partial charge is 0.508 e. The van der Waals surface area contributed by atoms with Crippen molar-refractivity contribution >= 4 is 23.4 Å². The van der Waals surface area contributed by atoms with E-state index in [4.69, 9.17) is 18.0 Å². The van der Waals surface area contributed by atoms with E-state index < -0.39 is 35.8 Å². The van der Waals surface area contributed by atoms with Crippen LogP contribution >= 0.6 is 0 Å². The number of primary amides is 1. The molecule has 0 aliphatic carbocycles. The van der Waals surface area contributed by atoms with Gasteiger partial charge in [-0.3, -0.25) is 14.4 Å². The van der Waals surface area contributed by atoms with Gasteiger partial charge in [0.2, 0.25) is 17.7 Å². The molecule has 0 aromatic heterocycles. The molecule has 192 valence electrons. The van der Waals surface area contributed by atoms with Crippen molar-refractivity contribution in [2.45, 2.75) is 51.7 Å². The fourth-order valence-electron chi connectivity index (χ4n) is 4.20. The molecule has 2 rings (SSSR count). The van der Waals surface area contributed by atoms with Gasteiger partial charge in [0.1, 0.15) is 17.8 Å². The van der Waals surface area contributed by atoms with Gasteiger partial charge in [-0.05, 0) is 42.0 Å². The van der Waals surface area contributed by atoms with E-state index in [1.165, 1.54) is 30.0 Å². The highest BCUT2D eigenvalue weighted by Gasteiger charge is 2.37. The molecule has 0 aliphatic heterocycles. The maximum absolute atomic E-state index is 13.6. The smallest absolute Gasteiger partial charge is 0.246 e. The molecule has 5 N–H and O–H groups in total. The van der Waals surface area contributed by atoms with Gasteiger partial charge in [0.25, 0.3) is 0 Å². The number of rotatable bonds is 10. The summed E-state index contributed by atoms with van der Waals surface area (Å²) in [5, 5.41) is 9.78. The highest BCUT2D eigenvalue weighted by Crippen LogP contribution is 2.21. The summed E-state index contributed by atoms with van der Waals surface area (Å²) in [5.74, 6) is -1.63. The lowest BCUT2D eigenvalue weighted by atomic mass is 9.97. The van der Waals surface area contributed by atoms with E-state index in [-0.39, 0.29) is 24.5 Å². The number of phenolic OH excluding ortho intramolecular Hbond substituents is 1. The Morgan fingerprint density at radius 1 is 0.972 bits per heavy atom. The number of carbonyl (C=O) groups excluding carboxylic acids is 3. The zero-order chi connectivity index (χ0) is 27.2. The first-order valence-corrected chi connectivity index (χ1v) is 11.7. The summed E-state index contributed by atoms with van der Waals surface area (Å²) >= 11 is 0. The van der Waals surface area contributed by atoms with Gasteiger partial charge in [-0.1, -0.05) is 50.2 Å². The molecule has 0 aliphatic rings. The second-order valence-corrected chi connectivity index (χ2v) is 9.42. The fraction of sp³-hybridized carbons (Fsp3) is 0.407. The molecule has 2 unspecified atom stereocenters. The predicted molar refractivity (Wildman–Crippen MR) is 138 cm³/mol. The number of aryl methyl sites for hydroxylation is 1. The van der Waals surface area contributed by atoms with E-state index in [0.29, 0.717) is 11.3 Å². The minimum Gasteiger partial charge on any atom is -0.508 e. The Balaban J connectivity index is 2.20. The number of carbonyl (C=O) groups is 3. The molecule has 2 aromatic carbocycles. The second kappa shape index (κ2) is 12.2. The van der Waals surface area contributed by atoms with E-state index in [1.807, 2.05) is 13.8 Å². The van der Waals surface area contributed by atoms with Crippen LogP contribution in [0.5, 0.6) is 5.75 Å². The van der Waals surface area contributed by atoms with Gasteiger partial charge in [-0.2, -0.15) is 0 Å². The molecule has 3 amide bonds. The molecule has 9 nitrogen and oxygen atoms in total. The lowest BCUT2D eigenvalue weighted by molar-refractivity contribution is -0.149. The summed E-state index contributed by atoms with van der Waals surface area (Å²) in [4.78, 5) is 45.0. The monoisotopic (exact) mass is 493 g/mol. The first kappa shape index (κ1) is 28.3. The van der Waals surface area contributed by atoms with Crippen molar-refractivity contribution in [1.29, 1.82) is 0 Å². The Hall–Kier alpha value is -3.90. The molecule has 3 atom stereocenters. The standard InChI is InChI=1S/C27H35N5O4/c1-16(2)24(32(6)26(35)21(28)14-18-7-10-20(30-4)11-8-18)27(36)31(5)22(25(29)34)15-19-9-12-23(33)17(3)13-19/h7-13,16,21-22,24,33H,14-15,28H2,1-3,5-6H3,(H2,29,34)/t21?,22?,24-/m0/s1. The Labute approximate surface area is 212 Å². The van der Waals surface area contributed by atoms with Crippen LogP contribution in [0.15, 0.2) is 42.5 Å². The third kappa shape index (κ3) is 6.83. The topological polar surface area (TPSA) is 134 Å². The van der Waals surface area contributed by atoms with Gasteiger partial charge >= 0.3 is 0 Å². The third-order valence-electron chi connectivity index (χ3n) is 6.32. The van der Waals surface area contributed by atoms with E-state index in [2.05, 4.69) is 4.85 Å². The highest BCUT2D eigenvalue weighted by atomic mass is 16.3. The van der Waals surface area contributed by atoms with Crippen LogP contribution in [0.2, 0.25) is 0 Å². The molecule has 0 radical (unpaired) electrons. The molecule has 0 spiro atoms. The zero-order valence-corrected chi connectivity index (χ0v) is 21.4. The van der Waals surface area contributed by atoms with Crippen molar-refractivity contribution in [2.24, 2.45) is 17.4 Å². The third-order valence-corrected chi connectivity index (χ3v) is 6.32. The Morgan fingerprint density at radius 2 is 1.56 bits per heavy atom. The molecule has 0 bridgehead atoms. The molecule has 2 aromatic rings. The highest BCUT2D eigenvalue weighted by molar-refractivity contribution is 5.93. The van der Waals surface area contributed by atoms with Gasteiger partial charge in [0.05, 0.1) is 12.6 Å². The van der Waals surface area contributed by atoms with Crippen molar-refractivity contribution in [3.05, 3.63) is 70.6 Å². The number of amides is 3. The number of likely N-dealkylation sites (N-methyl/N-ethyl adjacent to an activating group) is 2. The Morgan fingerprint density at radius 3 is 2.06 bits per heavy atom. The van der Waals surface area contributed by atoms with E-state index in [1.54, 1.807) is 43.3 Å². The summed E-state index contributed by atoms with van der Waals surface area (Å²) in [7, 11) is 3.03. The average Bonchev–Trinajstić information content (AvgIpc) is 2.83.